The van der Waals surface area contributed by atoms with Crippen LogP contribution in [0.4, 0.5) is 0 Å². The maximum atomic E-state index is 9.11. The molecule has 2 aromatic carbocycles. The third-order valence-corrected chi connectivity index (χ3v) is 3.72. The number of aryl methyl sites for hydroxylation is 2. The summed E-state index contributed by atoms with van der Waals surface area (Å²) >= 11 is 0. The molecule has 1 aromatic heterocycles. The highest BCUT2D eigenvalue weighted by Gasteiger charge is 2.11. The summed E-state index contributed by atoms with van der Waals surface area (Å²) in [5, 5.41) is 19.2. The molecule has 0 fully saturated rings. The Morgan fingerprint density at radius 3 is 2.32 bits per heavy atom. The van der Waals surface area contributed by atoms with Crippen LogP contribution in [0.15, 0.2) is 48.7 Å². The van der Waals surface area contributed by atoms with Gasteiger partial charge >= 0.3 is 7.12 Å². The molecular formula is C17H16BNO3. The van der Waals surface area contributed by atoms with E-state index in [-0.39, 0.29) is 0 Å². The Hall–Kier alpha value is -2.37. The van der Waals surface area contributed by atoms with Crippen molar-refractivity contribution in [2.24, 2.45) is 0 Å². The van der Waals surface area contributed by atoms with Crippen LogP contribution in [0.25, 0.3) is 10.9 Å². The van der Waals surface area contributed by atoms with E-state index in [9.17, 15) is 0 Å². The fourth-order valence-electron chi connectivity index (χ4n) is 2.30. The van der Waals surface area contributed by atoms with Gasteiger partial charge in [0.1, 0.15) is 11.5 Å². The average Bonchev–Trinajstić information content (AvgIpc) is 2.50. The van der Waals surface area contributed by atoms with E-state index in [0.717, 1.165) is 16.7 Å². The molecule has 2 N–H and O–H groups in total. The molecule has 0 saturated carbocycles. The number of rotatable bonds is 3. The zero-order valence-corrected chi connectivity index (χ0v) is 12.4. The van der Waals surface area contributed by atoms with Crippen LogP contribution in [0.5, 0.6) is 11.5 Å². The van der Waals surface area contributed by atoms with E-state index in [1.807, 2.05) is 12.1 Å². The van der Waals surface area contributed by atoms with Crippen molar-refractivity contribution in [3.8, 4) is 11.5 Å². The molecule has 3 rings (SSSR count). The van der Waals surface area contributed by atoms with E-state index in [4.69, 9.17) is 14.8 Å². The van der Waals surface area contributed by atoms with E-state index >= 15 is 0 Å². The van der Waals surface area contributed by atoms with Crippen LogP contribution in [0.1, 0.15) is 11.1 Å². The zero-order valence-electron chi connectivity index (χ0n) is 12.4. The van der Waals surface area contributed by atoms with Crippen molar-refractivity contribution in [3.05, 3.63) is 59.8 Å². The Kier molecular flexibility index (Phi) is 3.83. The van der Waals surface area contributed by atoms with Gasteiger partial charge in [-0.3, -0.25) is 4.98 Å². The third kappa shape index (κ3) is 2.82. The van der Waals surface area contributed by atoms with Crippen LogP contribution in [-0.4, -0.2) is 22.2 Å². The molecule has 3 aromatic rings. The molecule has 5 heteroatoms. The molecule has 4 nitrogen and oxygen atoms in total. The minimum atomic E-state index is -1.47. The minimum absolute atomic E-state index is 0.429. The van der Waals surface area contributed by atoms with Crippen molar-refractivity contribution in [3.63, 3.8) is 0 Å². The number of hydrogen-bond donors (Lipinski definition) is 2. The fraction of sp³-hybridized carbons (Fsp3) is 0.118. The van der Waals surface area contributed by atoms with Gasteiger partial charge in [-0.25, -0.2) is 0 Å². The molecule has 0 amide bonds. The number of nitrogens with zero attached hydrogens (tertiary/aromatic N) is 1. The first-order chi connectivity index (χ1) is 10.5. The van der Waals surface area contributed by atoms with E-state index in [2.05, 4.69) is 24.9 Å². The Morgan fingerprint density at radius 1 is 0.955 bits per heavy atom. The maximum Gasteiger partial charge on any atom is 0.488 e. The summed E-state index contributed by atoms with van der Waals surface area (Å²) < 4.78 is 5.92. The second-order valence-corrected chi connectivity index (χ2v) is 5.31. The fourth-order valence-corrected chi connectivity index (χ4v) is 2.30. The number of aromatic nitrogens is 1. The van der Waals surface area contributed by atoms with E-state index in [1.54, 1.807) is 30.5 Å². The van der Waals surface area contributed by atoms with Crippen LogP contribution in [0, 0.1) is 13.8 Å². The van der Waals surface area contributed by atoms with Gasteiger partial charge in [-0.1, -0.05) is 12.1 Å². The zero-order chi connectivity index (χ0) is 15.7. The lowest BCUT2D eigenvalue weighted by atomic mass is 9.80. The van der Waals surface area contributed by atoms with Gasteiger partial charge in [-0.15, -0.1) is 0 Å². The molecule has 0 aliphatic rings. The number of benzene rings is 2. The Bertz CT molecular complexity index is 816. The van der Waals surface area contributed by atoms with Crippen molar-refractivity contribution in [2.75, 3.05) is 0 Å². The van der Waals surface area contributed by atoms with Gasteiger partial charge in [0.25, 0.3) is 0 Å². The molecule has 110 valence electrons. The number of hydrogen-bond acceptors (Lipinski definition) is 4. The largest absolute Gasteiger partial charge is 0.488 e. The van der Waals surface area contributed by atoms with Crippen LogP contribution in [0.2, 0.25) is 0 Å². The monoisotopic (exact) mass is 293 g/mol. The third-order valence-electron chi connectivity index (χ3n) is 3.72. The van der Waals surface area contributed by atoms with Crippen LogP contribution < -0.4 is 10.2 Å². The van der Waals surface area contributed by atoms with Crippen LogP contribution in [0.3, 0.4) is 0 Å². The highest BCUT2D eigenvalue weighted by molar-refractivity contribution is 6.58. The molecule has 0 aliphatic heterocycles. The first kappa shape index (κ1) is 14.6. The van der Waals surface area contributed by atoms with Crippen molar-refractivity contribution in [2.45, 2.75) is 13.8 Å². The quantitative estimate of drug-likeness (QED) is 0.727. The maximum absolute atomic E-state index is 9.11. The van der Waals surface area contributed by atoms with Gasteiger partial charge in [0, 0.05) is 11.6 Å². The standard InChI is InChI=1S/C17H16BNO3/c1-11-9-15-16(10-12(11)2)19-8-7-17(15)22-14-5-3-13(4-6-14)18(20)21/h3-10,20-21H,1-2H3. The highest BCUT2D eigenvalue weighted by Crippen LogP contribution is 2.30. The normalized spacial score (nSPS) is 10.7. The van der Waals surface area contributed by atoms with Crippen molar-refractivity contribution >= 4 is 23.5 Å². The summed E-state index contributed by atoms with van der Waals surface area (Å²) in [6.07, 6.45) is 1.72. The lowest BCUT2D eigenvalue weighted by molar-refractivity contribution is 0.425. The molecule has 0 aliphatic carbocycles. The smallest absolute Gasteiger partial charge is 0.457 e. The predicted molar refractivity (Wildman–Crippen MR) is 87.6 cm³/mol. The molecule has 22 heavy (non-hydrogen) atoms. The number of pyridine rings is 1. The van der Waals surface area contributed by atoms with E-state index in [0.29, 0.717) is 11.2 Å². The van der Waals surface area contributed by atoms with E-state index in [1.165, 1.54) is 11.1 Å². The SMILES string of the molecule is Cc1cc2nccc(Oc3ccc(B(O)O)cc3)c2cc1C. The average molecular weight is 293 g/mol. The second kappa shape index (κ2) is 5.79. The Balaban J connectivity index is 1.98. The molecule has 1 heterocycles. The van der Waals surface area contributed by atoms with Gasteiger partial charge in [0.2, 0.25) is 0 Å². The first-order valence-corrected chi connectivity index (χ1v) is 7.04. The minimum Gasteiger partial charge on any atom is -0.457 e. The van der Waals surface area contributed by atoms with Gasteiger partial charge in [-0.05, 0) is 60.8 Å². The van der Waals surface area contributed by atoms with Crippen molar-refractivity contribution in [1.29, 1.82) is 0 Å². The van der Waals surface area contributed by atoms with Gasteiger partial charge in [0.15, 0.2) is 0 Å². The van der Waals surface area contributed by atoms with Gasteiger partial charge < -0.3 is 14.8 Å². The lowest BCUT2D eigenvalue weighted by Crippen LogP contribution is -2.29. The highest BCUT2D eigenvalue weighted by atomic mass is 16.5. The molecule has 0 unspecified atom stereocenters. The molecule has 0 radical (unpaired) electrons. The summed E-state index contributed by atoms with van der Waals surface area (Å²) in [5.74, 6) is 1.36. The Labute approximate surface area is 129 Å². The second-order valence-electron chi connectivity index (χ2n) is 5.31. The summed E-state index contributed by atoms with van der Waals surface area (Å²) in [6, 6.07) is 12.6. The van der Waals surface area contributed by atoms with Crippen molar-refractivity contribution in [1.82, 2.24) is 4.98 Å². The Morgan fingerprint density at radius 2 is 1.64 bits per heavy atom. The topological polar surface area (TPSA) is 62.6 Å². The van der Waals surface area contributed by atoms with Gasteiger partial charge in [-0.2, -0.15) is 0 Å². The molecular weight excluding hydrogens is 277 g/mol. The molecule has 0 saturated heterocycles. The summed E-state index contributed by atoms with van der Waals surface area (Å²) in [6.45, 7) is 4.12. The molecule has 0 spiro atoms. The lowest BCUT2D eigenvalue weighted by Gasteiger charge is -2.11. The molecule has 0 atom stereocenters. The summed E-state index contributed by atoms with van der Waals surface area (Å²) in [7, 11) is -1.47. The number of fused-ring (bicyclic) bond motifs is 1. The predicted octanol–water partition coefficient (Wildman–Crippen LogP) is 2.32. The summed E-state index contributed by atoms with van der Waals surface area (Å²) in [4.78, 5) is 4.38. The first-order valence-electron chi connectivity index (χ1n) is 7.04. The molecule has 0 bridgehead atoms. The van der Waals surface area contributed by atoms with Crippen LogP contribution in [-0.2, 0) is 0 Å². The number of ether oxygens (including phenoxy) is 1. The van der Waals surface area contributed by atoms with E-state index < -0.39 is 7.12 Å². The van der Waals surface area contributed by atoms with Crippen molar-refractivity contribution < 1.29 is 14.8 Å². The van der Waals surface area contributed by atoms with Gasteiger partial charge in [0.05, 0.1) is 5.52 Å². The summed E-state index contributed by atoms with van der Waals surface area (Å²) in [5.41, 5.74) is 3.70. The van der Waals surface area contributed by atoms with Crippen LogP contribution >= 0.6 is 0 Å².